The Balaban J connectivity index is 3.39. The Morgan fingerprint density at radius 3 is 2.44 bits per heavy atom. The molecule has 8 heteroatoms. The van der Waals surface area contributed by atoms with Gasteiger partial charge in [-0.1, -0.05) is 13.8 Å². The quantitative estimate of drug-likeness (QED) is 0.443. The van der Waals surface area contributed by atoms with Crippen molar-refractivity contribution in [3.63, 3.8) is 0 Å². The summed E-state index contributed by atoms with van der Waals surface area (Å²) in [5, 5.41) is 10.8. The first-order valence-electron chi connectivity index (χ1n) is 5.26. The second-order valence-corrected chi connectivity index (χ2v) is 4.55. The van der Waals surface area contributed by atoms with E-state index >= 15 is 0 Å². The molecule has 0 amide bonds. The first kappa shape index (κ1) is 14.9. The third-order valence-electron chi connectivity index (χ3n) is 3.02. The van der Waals surface area contributed by atoms with Gasteiger partial charge in [-0.05, 0) is 22.3 Å². The fraction of sp³-hybridized carbons (Fsp3) is 0.700. The van der Waals surface area contributed by atoms with Gasteiger partial charge in [-0.3, -0.25) is 0 Å². The molecular weight excluding hydrogens is 273 g/mol. The lowest BCUT2D eigenvalue weighted by atomic mass is 9.87. The molecule has 1 rings (SSSR count). The van der Waals surface area contributed by atoms with Crippen LogP contribution in [0, 0.1) is 22.0 Å². The van der Waals surface area contributed by atoms with Gasteiger partial charge < -0.3 is 10.1 Å². The largest absolute Gasteiger partial charge is 0.454 e. The van der Waals surface area contributed by atoms with Crippen LogP contribution >= 0.6 is 11.6 Å². The predicted octanol–water partition coefficient (Wildman–Crippen LogP) is 3.39. The number of halogens is 4. The summed E-state index contributed by atoms with van der Waals surface area (Å²) in [7, 11) is 0. The van der Waals surface area contributed by atoms with Crippen molar-refractivity contribution in [3.8, 4) is 0 Å². The van der Waals surface area contributed by atoms with Crippen LogP contribution in [0.1, 0.15) is 20.3 Å². The molecule has 0 radical (unpaired) electrons. The van der Waals surface area contributed by atoms with E-state index in [9.17, 15) is 23.3 Å². The van der Waals surface area contributed by atoms with Crippen LogP contribution in [0.15, 0.2) is 16.4 Å². The average molecular weight is 285 g/mol. The molecule has 102 valence electrons. The molecule has 0 N–H and O–H groups in total. The van der Waals surface area contributed by atoms with Crippen molar-refractivity contribution >= 4 is 17.3 Å². The Kier molecular flexibility index (Phi) is 4.37. The molecular formula is C10H12ClF3N2O2. The van der Waals surface area contributed by atoms with E-state index in [1.165, 1.54) is 6.92 Å². The minimum absolute atomic E-state index is 0.139. The summed E-state index contributed by atoms with van der Waals surface area (Å²) in [6.45, 7) is 2.97. The van der Waals surface area contributed by atoms with Crippen LogP contribution in [-0.2, 0) is 0 Å². The maximum atomic E-state index is 12.8. The van der Waals surface area contributed by atoms with Gasteiger partial charge in [0.15, 0.2) is 0 Å². The van der Waals surface area contributed by atoms with E-state index in [1.54, 1.807) is 6.92 Å². The number of aliphatic imine (C=N–C) groups is 1. The summed E-state index contributed by atoms with van der Waals surface area (Å²) in [4.78, 5) is 13.1. The molecule has 0 aromatic heterocycles. The van der Waals surface area contributed by atoms with Gasteiger partial charge in [0.25, 0.3) is 0 Å². The Hall–Kier alpha value is -1.11. The maximum absolute atomic E-state index is 12.8. The SMILES string of the molecule is CC1CC(CCl)=C([N+](=O)[O-])N=C(C(F)(F)F)C1C. The Bertz CT molecular complexity index is 418. The molecule has 0 spiro atoms. The summed E-state index contributed by atoms with van der Waals surface area (Å²) in [6.07, 6.45) is -4.53. The van der Waals surface area contributed by atoms with Gasteiger partial charge >= 0.3 is 12.0 Å². The predicted molar refractivity (Wildman–Crippen MR) is 61.2 cm³/mol. The minimum Gasteiger partial charge on any atom is -0.358 e. The minimum atomic E-state index is -4.67. The highest BCUT2D eigenvalue weighted by Crippen LogP contribution is 2.34. The number of hydrogen-bond acceptors (Lipinski definition) is 3. The molecule has 0 saturated carbocycles. The monoisotopic (exact) mass is 284 g/mol. The molecule has 0 bridgehead atoms. The lowest BCUT2D eigenvalue weighted by Gasteiger charge is -2.18. The van der Waals surface area contributed by atoms with E-state index < -0.39 is 34.5 Å². The second kappa shape index (κ2) is 5.26. The number of allylic oxidation sites excluding steroid dienone is 1. The van der Waals surface area contributed by atoms with E-state index in [0.29, 0.717) is 0 Å². The van der Waals surface area contributed by atoms with Crippen molar-refractivity contribution in [1.82, 2.24) is 0 Å². The van der Waals surface area contributed by atoms with E-state index in [2.05, 4.69) is 4.99 Å². The lowest BCUT2D eigenvalue weighted by Crippen LogP contribution is -2.32. The van der Waals surface area contributed by atoms with Crippen LogP contribution in [0.2, 0.25) is 0 Å². The Morgan fingerprint density at radius 2 is 2.06 bits per heavy atom. The van der Waals surface area contributed by atoms with Gasteiger partial charge in [-0.2, -0.15) is 13.2 Å². The van der Waals surface area contributed by atoms with Gasteiger partial charge in [0, 0.05) is 11.5 Å². The van der Waals surface area contributed by atoms with Crippen molar-refractivity contribution < 1.29 is 18.1 Å². The third kappa shape index (κ3) is 3.01. The topological polar surface area (TPSA) is 55.5 Å². The van der Waals surface area contributed by atoms with Gasteiger partial charge in [-0.15, -0.1) is 11.6 Å². The standard InChI is InChI=1S/C10H12ClF3N2O2/c1-5-3-7(4-11)9(16(17)18)15-8(6(5)2)10(12,13)14/h5-6H,3-4H2,1-2H3. The number of rotatable bonds is 2. The first-order chi connectivity index (χ1) is 8.18. The molecule has 1 aliphatic heterocycles. The fourth-order valence-electron chi connectivity index (χ4n) is 1.83. The molecule has 0 fully saturated rings. The zero-order chi connectivity index (χ0) is 14.1. The van der Waals surface area contributed by atoms with E-state index in [0.717, 1.165) is 0 Å². The smallest absolute Gasteiger partial charge is 0.358 e. The van der Waals surface area contributed by atoms with Crippen molar-refractivity contribution in [2.45, 2.75) is 26.4 Å². The van der Waals surface area contributed by atoms with Gasteiger partial charge in [0.05, 0.1) is 5.88 Å². The van der Waals surface area contributed by atoms with Gasteiger partial charge in [0.1, 0.15) is 0 Å². The molecule has 0 aliphatic carbocycles. The molecule has 2 unspecified atom stereocenters. The van der Waals surface area contributed by atoms with Gasteiger partial charge in [-0.25, -0.2) is 0 Å². The summed E-state index contributed by atoms with van der Waals surface area (Å²) < 4.78 is 38.4. The second-order valence-electron chi connectivity index (χ2n) is 4.28. The lowest BCUT2D eigenvalue weighted by molar-refractivity contribution is -0.427. The van der Waals surface area contributed by atoms with Crippen molar-refractivity contribution in [2.24, 2.45) is 16.8 Å². The third-order valence-corrected chi connectivity index (χ3v) is 3.34. The molecule has 0 saturated heterocycles. The molecule has 1 aliphatic rings. The molecule has 18 heavy (non-hydrogen) atoms. The fourth-order valence-corrected chi connectivity index (χ4v) is 2.06. The van der Waals surface area contributed by atoms with E-state index in [4.69, 9.17) is 11.6 Å². The summed E-state index contributed by atoms with van der Waals surface area (Å²) >= 11 is 5.55. The van der Waals surface area contributed by atoms with Crippen molar-refractivity contribution in [1.29, 1.82) is 0 Å². The van der Waals surface area contributed by atoms with Crippen molar-refractivity contribution in [3.05, 3.63) is 21.5 Å². The van der Waals surface area contributed by atoms with Crippen LogP contribution in [0.4, 0.5) is 13.2 Å². The highest BCUT2D eigenvalue weighted by atomic mass is 35.5. The zero-order valence-electron chi connectivity index (χ0n) is 9.79. The number of alkyl halides is 4. The van der Waals surface area contributed by atoms with Crippen LogP contribution in [0.3, 0.4) is 0 Å². The normalized spacial score (nSPS) is 25.8. The number of nitro groups is 1. The summed E-state index contributed by atoms with van der Waals surface area (Å²) in [5.41, 5.74) is -0.970. The van der Waals surface area contributed by atoms with E-state index in [-0.39, 0.29) is 17.9 Å². The molecule has 0 aromatic carbocycles. The highest BCUT2D eigenvalue weighted by molar-refractivity contribution is 6.19. The Morgan fingerprint density at radius 1 is 1.50 bits per heavy atom. The Labute approximate surface area is 107 Å². The zero-order valence-corrected chi connectivity index (χ0v) is 10.5. The molecule has 0 aromatic rings. The highest BCUT2D eigenvalue weighted by Gasteiger charge is 2.47. The summed E-state index contributed by atoms with van der Waals surface area (Å²) in [5.74, 6) is -2.27. The van der Waals surface area contributed by atoms with Crippen LogP contribution < -0.4 is 0 Å². The molecule has 1 heterocycles. The summed E-state index contributed by atoms with van der Waals surface area (Å²) in [6, 6.07) is 0. The van der Waals surface area contributed by atoms with E-state index in [1.807, 2.05) is 0 Å². The number of hydrogen-bond donors (Lipinski definition) is 0. The molecule has 4 nitrogen and oxygen atoms in total. The van der Waals surface area contributed by atoms with Gasteiger partial charge in [0.2, 0.25) is 5.71 Å². The average Bonchev–Trinajstić information content (AvgIpc) is 2.36. The maximum Gasteiger partial charge on any atom is 0.454 e. The van der Waals surface area contributed by atoms with Crippen molar-refractivity contribution in [2.75, 3.05) is 5.88 Å². The first-order valence-corrected chi connectivity index (χ1v) is 5.80. The van der Waals surface area contributed by atoms with Crippen LogP contribution in [0.5, 0.6) is 0 Å². The van der Waals surface area contributed by atoms with Crippen LogP contribution in [0.25, 0.3) is 0 Å². The number of nitrogens with zero attached hydrogens (tertiary/aromatic N) is 2. The molecule has 2 atom stereocenters. The van der Waals surface area contributed by atoms with Crippen LogP contribution in [-0.4, -0.2) is 22.7 Å².